The van der Waals surface area contributed by atoms with Crippen molar-refractivity contribution in [2.75, 3.05) is 58.9 Å². The van der Waals surface area contributed by atoms with Crippen LogP contribution in [-0.2, 0) is 4.79 Å². The summed E-state index contributed by atoms with van der Waals surface area (Å²) in [6.07, 6.45) is 8.77. The van der Waals surface area contributed by atoms with Crippen LogP contribution in [0.25, 0.3) is 0 Å². The average Bonchev–Trinajstić information content (AvgIpc) is 3.86. The molecule has 4 aliphatic carbocycles. The molecule has 12 nitrogen and oxygen atoms in total. The van der Waals surface area contributed by atoms with E-state index in [0.29, 0.717) is 35.5 Å². The highest BCUT2D eigenvalue weighted by Gasteiger charge is 2.44. The minimum absolute atomic E-state index is 0.148. The molecule has 5 fully saturated rings. The van der Waals surface area contributed by atoms with E-state index in [1.54, 1.807) is 28.2 Å². The van der Waals surface area contributed by atoms with Gasteiger partial charge in [0, 0.05) is 70.3 Å². The number of carbonyl (C=O) groups is 1. The minimum atomic E-state index is -0.480. The van der Waals surface area contributed by atoms with Gasteiger partial charge in [0.25, 0.3) is 0 Å². The standard InChI is InChI=1S/C32H49N9O3/c1-20(42)40-15-17-41(18-16-40)24-7-8-25(43-3)36-28(24)23-11-14-32(12-9-21(23)10-13-32)19-35-31(34-2)37-29(33)26-27(22-5-6-22)38-39-30(26)44-4/h7-8,21-23,29H,5-6,9-19,33H2,1-4H3,(H,38,39)(H2,34,35,37)/t21?,23-,29?,32?/m1/s1. The van der Waals surface area contributed by atoms with E-state index in [0.717, 1.165) is 69.7 Å². The second-order valence-electron chi connectivity index (χ2n) is 13.1. The maximum Gasteiger partial charge on any atom is 0.239 e. The molecule has 240 valence electrons. The third-order valence-electron chi connectivity index (χ3n) is 10.6. The van der Waals surface area contributed by atoms with E-state index < -0.39 is 6.17 Å². The highest BCUT2D eigenvalue weighted by Crippen LogP contribution is 2.54. The number of aromatic amines is 1. The first-order valence-corrected chi connectivity index (χ1v) is 16.2. The molecule has 2 aromatic heterocycles. The average molecular weight is 608 g/mol. The van der Waals surface area contributed by atoms with E-state index >= 15 is 0 Å². The summed E-state index contributed by atoms with van der Waals surface area (Å²) in [4.78, 5) is 25.9. The van der Waals surface area contributed by atoms with Crippen LogP contribution in [0.2, 0.25) is 0 Å². The second-order valence-corrected chi connectivity index (χ2v) is 13.1. The summed E-state index contributed by atoms with van der Waals surface area (Å²) in [5.74, 6) is 3.52. The zero-order valence-electron chi connectivity index (χ0n) is 26.7. The van der Waals surface area contributed by atoms with Crippen molar-refractivity contribution in [3.63, 3.8) is 0 Å². The Morgan fingerprint density at radius 3 is 2.48 bits per heavy atom. The molecule has 12 heteroatoms. The molecule has 0 spiro atoms. The zero-order chi connectivity index (χ0) is 30.8. The summed E-state index contributed by atoms with van der Waals surface area (Å²) in [7, 11) is 5.11. The highest BCUT2D eigenvalue weighted by molar-refractivity contribution is 5.80. The molecule has 4 saturated carbocycles. The maximum atomic E-state index is 11.9. The molecule has 1 unspecified atom stereocenters. The normalized spacial score (nSPS) is 26.2. The van der Waals surface area contributed by atoms with Crippen LogP contribution in [0.3, 0.4) is 0 Å². The quantitative estimate of drug-likeness (QED) is 0.192. The Balaban J connectivity index is 1.13. The number of hydrogen-bond donors (Lipinski definition) is 4. The molecular weight excluding hydrogens is 558 g/mol. The number of nitrogens with two attached hydrogens (primary N) is 1. The van der Waals surface area contributed by atoms with E-state index in [1.807, 2.05) is 11.0 Å². The maximum absolute atomic E-state index is 11.9. The molecule has 5 N–H and O–H groups in total. The Hall–Kier alpha value is -3.54. The van der Waals surface area contributed by atoms with Gasteiger partial charge in [-0.3, -0.25) is 14.9 Å². The van der Waals surface area contributed by atoms with Crippen molar-refractivity contribution in [2.45, 2.75) is 76.3 Å². The number of H-pyrrole nitrogens is 1. The summed E-state index contributed by atoms with van der Waals surface area (Å²) in [5, 5.41) is 14.5. The smallest absolute Gasteiger partial charge is 0.239 e. The summed E-state index contributed by atoms with van der Waals surface area (Å²) >= 11 is 0. The van der Waals surface area contributed by atoms with Crippen LogP contribution < -0.4 is 30.7 Å². The van der Waals surface area contributed by atoms with Gasteiger partial charge in [0.2, 0.25) is 17.7 Å². The van der Waals surface area contributed by atoms with Crippen molar-refractivity contribution in [3.8, 4) is 11.8 Å². The van der Waals surface area contributed by atoms with Crippen LogP contribution in [0.1, 0.15) is 93.2 Å². The van der Waals surface area contributed by atoms with Crippen LogP contribution >= 0.6 is 0 Å². The minimum Gasteiger partial charge on any atom is -0.481 e. The van der Waals surface area contributed by atoms with Gasteiger partial charge in [0.15, 0.2) is 5.96 Å². The van der Waals surface area contributed by atoms with Gasteiger partial charge in [0.05, 0.1) is 31.2 Å². The first kappa shape index (κ1) is 30.5. The van der Waals surface area contributed by atoms with E-state index in [2.05, 4.69) is 36.8 Å². The van der Waals surface area contributed by atoms with Gasteiger partial charge >= 0.3 is 0 Å². The van der Waals surface area contributed by atoms with Crippen LogP contribution in [0.15, 0.2) is 17.1 Å². The Kier molecular flexibility index (Phi) is 8.89. The summed E-state index contributed by atoms with van der Waals surface area (Å²) < 4.78 is 11.1. The van der Waals surface area contributed by atoms with Gasteiger partial charge in [-0.1, -0.05) is 0 Å². The number of rotatable bonds is 9. The Labute approximate surface area is 260 Å². The number of nitrogens with zero attached hydrogens (tertiary/aromatic N) is 5. The molecule has 3 heterocycles. The van der Waals surface area contributed by atoms with Crippen LogP contribution in [0, 0.1) is 11.3 Å². The summed E-state index contributed by atoms with van der Waals surface area (Å²) in [6.45, 7) is 5.65. The number of guanidine groups is 1. The van der Waals surface area contributed by atoms with Crippen molar-refractivity contribution in [2.24, 2.45) is 22.1 Å². The fourth-order valence-corrected chi connectivity index (χ4v) is 7.76. The van der Waals surface area contributed by atoms with Crippen molar-refractivity contribution in [3.05, 3.63) is 29.1 Å². The van der Waals surface area contributed by atoms with E-state index in [9.17, 15) is 4.79 Å². The van der Waals surface area contributed by atoms with Gasteiger partial charge in [0.1, 0.15) is 6.17 Å². The number of pyridine rings is 1. The lowest BCUT2D eigenvalue weighted by molar-refractivity contribution is -0.129. The number of ether oxygens (including phenoxy) is 2. The van der Waals surface area contributed by atoms with Crippen molar-refractivity contribution >= 4 is 17.6 Å². The third-order valence-corrected chi connectivity index (χ3v) is 10.6. The SMILES string of the molecule is CN=C(NCC12CCC(CC1)[C@H](c1nc(OC)ccc1N1CCN(C(C)=O)CC1)CC2)NC(N)c1c(OC)n[nH]c1C1CC1. The number of aromatic nitrogens is 3. The molecule has 2 bridgehead atoms. The monoisotopic (exact) mass is 607 g/mol. The molecule has 1 saturated heterocycles. The van der Waals surface area contributed by atoms with Crippen molar-refractivity contribution < 1.29 is 14.3 Å². The predicted molar refractivity (Wildman–Crippen MR) is 170 cm³/mol. The molecule has 1 aliphatic heterocycles. The van der Waals surface area contributed by atoms with Crippen molar-refractivity contribution in [1.29, 1.82) is 0 Å². The molecule has 1 amide bonds. The highest BCUT2D eigenvalue weighted by atomic mass is 16.5. The van der Waals surface area contributed by atoms with Gasteiger partial charge in [-0.05, 0) is 68.8 Å². The van der Waals surface area contributed by atoms with Gasteiger partial charge in [-0.15, -0.1) is 5.10 Å². The number of aliphatic imine (C=N–C) groups is 1. The summed E-state index contributed by atoms with van der Waals surface area (Å²) in [6, 6.07) is 4.16. The number of carbonyl (C=O) groups excluding carboxylic acids is 1. The molecular formula is C32H49N9O3. The molecule has 5 aliphatic rings. The topological polar surface area (TPSA) is 146 Å². The van der Waals surface area contributed by atoms with Crippen LogP contribution in [0.5, 0.6) is 11.8 Å². The van der Waals surface area contributed by atoms with Gasteiger partial charge in [-0.2, -0.15) is 0 Å². The largest absolute Gasteiger partial charge is 0.481 e. The molecule has 44 heavy (non-hydrogen) atoms. The molecule has 0 aromatic carbocycles. The number of methoxy groups -OCH3 is 2. The predicted octanol–water partition coefficient (Wildman–Crippen LogP) is 3.24. The van der Waals surface area contributed by atoms with E-state index in [4.69, 9.17) is 20.2 Å². The number of amides is 1. The third kappa shape index (κ3) is 6.18. The van der Waals surface area contributed by atoms with Crippen LogP contribution in [0.4, 0.5) is 5.69 Å². The van der Waals surface area contributed by atoms with Gasteiger partial charge < -0.3 is 35.6 Å². The van der Waals surface area contributed by atoms with Crippen molar-refractivity contribution in [1.82, 2.24) is 30.7 Å². The Morgan fingerprint density at radius 2 is 1.84 bits per heavy atom. The Morgan fingerprint density at radius 1 is 1.11 bits per heavy atom. The van der Waals surface area contributed by atoms with E-state index in [-0.39, 0.29) is 11.3 Å². The molecule has 2 atom stereocenters. The lowest BCUT2D eigenvalue weighted by Gasteiger charge is -2.39. The van der Waals surface area contributed by atoms with Crippen LogP contribution in [-0.4, -0.2) is 85.9 Å². The van der Waals surface area contributed by atoms with Gasteiger partial charge in [-0.25, -0.2) is 4.98 Å². The molecule has 2 aromatic rings. The number of anilines is 1. The number of hydrogen-bond acceptors (Lipinski definition) is 8. The van der Waals surface area contributed by atoms with E-state index in [1.165, 1.54) is 37.1 Å². The number of nitrogens with one attached hydrogen (secondary N) is 3. The number of piperazine rings is 1. The molecule has 0 radical (unpaired) electrons. The zero-order valence-corrected chi connectivity index (χ0v) is 26.7. The first-order valence-electron chi connectivity index (χ1n) is 16.2. The fourth-order valence-electron chi connectivity index (χ4n) is 7.76. The summed E-state index contributed by atoms with van der Waals surface area (Å²) in [5.41, 5.74) is 11.2. The fraction of sp³-hybridized carbons (Fsp3) is 0.688. The number of fused-ring (bicyclic) bond motifs is 4. The second kappa shape index (κ2) is 12.8. The molecule has 7 rings (SSSR count). The lowest BCUT2D eigenvalue weighted by Crippen LogP contribution is -2.48. The lowest BCUT2D eigenvalue weighted by atomic mass is 9.70. The Bertz CT molecular complexity index is 1340. The first-order chi connectivity index (χ1) is 21.3.